The van der Waals surface area contributed by atoms with Crippen LogP contribution in [0.25, 0.3) is 0 Å². The van der Waals surface area contributed by atoms with Crippen LogP contribution in [0.5, 0.6) is 0 Å². The van der Waals surface area contributed by atoms with Gasteiger partial charge in [0.2, 0.25) is 0 Å². The van der Waals surface area contributed by atoms with E-state index in [0.717, 1.165) is 0 Å². The molecule has 6 atom stereocenters. The summed E-state index contributed by atoms with van der Waals surface area (Å²) in [6.45, 7) is 8.87. The normalized spacial score (nSPS) is 30.7. The molecule has 0 aromatic heterocycles. The van der Waals surface area contributed by atoms with Gasteiger partial charge in [-0.1, -0.05) is 0 Å². The van der Waals surface area contributed by atoms with Crippen LogP contribution in [0.4, 0.5) is 0 Å². The molecule has 0 aromatic carbocycles. The van der Waals surface area contributed by atoms with E-state index in [1.54, 1.807) is 27.7 Å². The van der Waals surface area contributed by atoms with Crippen LogP contribution in [0.15, 0.2) is 0 Å². The van der Waals surface area contributed by atoms with Crippen molar-refractivity contribution < 1.29 is 34.3 Å². The summed E-state index contributed by atoms with van der Waals surface area (Å²) in [5.41, 5.74) is -0.567. The van der Waals surface area contributed by atoms with Crippen molar-refractivity contribution in [2.45, 2.75) is 103 Å². The summed E-state index contributed by atoms with van der Waals surface area (Å²) in [6.07, 6.45) is -2.81. The molecule has 0 amide bonds. The monoisotopic (exact) mass is 348 g/mol. The van der Waals surface area contributed by atoms with Crippen LogP contribution in [-0.2, 0) is 19.0 Å². The first-order valence-corrected chi connectivity index (χ1v) is 8.55. The number of hydrogen-bond acceptors (Lipinski definition) is 7. The molecule has 1 aliphatic rings. The van der Waals surface area contributed by atoms with E-state index < -0.39 is 42.3 Å². The lowest BCUT2D eigenvalue weighted by Gasteiger charge is -2.36. The maximum Gasteiger partial charge on any atom is 0.308 e. The van der Waals surface area contributed by atoms with Gasteiger partial charge in [0.1, 0.15) is 11.7 Å². The lowest BCUT2D eigenvalue weighted by molar-refractivity contribution is -0.273. The minimum atomic E-state index is -0.884. The van der Waals surface area contributed by atoms with Gasteiger partial charge >= 0.3 is 5.97 Å². The van der Waals surface area contributed by atoms with Crippen molar-refractivity contribution in [3.63, 3.8) is 0 Å². The first kappa shape index (κ1) is 21.3. The highest BCUT2D eigenvalue weighted by Gasteiger charge is 2.35. The van der Waals surface area contributed by atoms with E-state index in [1.165, 1.54) is 0 Å². The molecule has 0 bridgehead atoms. The van der Waals surface area contributed by atoms with Crippen LogP contribution in [-0.4, -0.2) is 63.7 Å². The number of carbonyl (C=O) groups is 1. The van der Waals surface area contributed by atoms with Crippen LogP contribution in [0.3, 0.4) is 0 Å². The van der Waals surface area contributed by atoms with Gasteiger partial charge in [0, 0.05) is 6.42 Å². The maximum atomic E-state index is 11.7. The molecule has 1 heterocycles. The zero-order valence-electron chi connectivity index (χ0n) is 15.3. The summed E-state index contributed by atoms with van der Waals surface area (Å²) >= 11 is 0. The SMILES string of the molecule is C[C@H](CCC(O)CC(=O)OC(C)(C)C)OC1O[C@@H](C)[C@H](O)C[C@H]1O. The number of rotatable bonds is 7. The Labute approximate surface area is 143 Å². The van der Waals surface area contributed by atoms with Crippen molar-refractivity contribution in [2.75, 3.05) is 0 Å². The summed E-state index contributed by atoms with van der Waals surface area (Å²) in [5.74, 6) is -0.433. The molecule has 24 heavy (non-hydrogen) atoms. The van der Waals surface area contributed by atoms with Gasteiger partial charge < -0.3 is 29.5 Å². The van der Waals surface area contributed by atoms with Gasteiger partial charge in [-0.15, -0.1) is 0 Å². The lowest BCUT2D eigenvalue weighted by Crippen LogP contribution is -2.48. The number of esters is 1. The van der Waals surface area contributed by atoms with E-state index in [9.17, 15) is 20.1 Å². The minimum Gasteiger partial charge on any atom is -0.460 e. The number of hydrogen-bond donors (Lipinski definition) is 3. The van der Waals surface area contributed by atoms with Gasteiger partial charge in [0.15, 0.2) is 6.29 Å². The fraction of sp³-hybridized carbons (Fsp3) is 0.941. The second-order valence-corrected chi connectivity index (χ2v) is 7.55. The van der Waals surface area contributed by atoms with Gasteiger partial charge in [0.05, 0.1) is 30.8 Å². The topological polar surface area (TPSA) is 105 Å². The Morgan fingerprint density at radius 1 is 1.25 bits per heavy atom. The highest BCUT2D eigenvalue weighted by molar-refractivity contribution is 5.70. The molecule has 2 unspecified atom stereocenters. The largest absolute Gasteiger partial charge is 0.460 e. The van der Waals surface area contributed by atoms with Gasteiger partial charge in [-0.25, -0.2) is 0 Å². The molecule has 7 nitrogen and oxygen atoms in total. The summed E-state index contributed by atoms with van der Waals surface area (Å²) in [7, 11) is 0. The van der Waals surface area contributed by atoms with Crippen LogP contribution >= 0.6 is 0 Å². The highest BCUT2D eigenvalue weighted by atomic mass is 16.7. The molecule has 142 valence electrons. The Morgan fingerprint density at radius 3 is 2.46 bits per heavy atom. The quantitative estimate of drug-likeness (QED) is 0.592. The van der Waals surface area contributed by atoms with Gasteiger partial charge in [-0.2, -0.15) is 0 Å². The Hall–Kier alpha value is -0.730. The average molecular weight is 348 g/mol. The lowest BCUT2D eigenvalue weighted by atomic mass is 10.0. The number of carbonyl (C=O) groups excluding carboxylic acids is 1. The first-order valence-electron chi connectivity index (χ1n) is 8.55. The zero-order valence-corrected chi connectivity index (χ0v) is 15.3. The fourth-order valence-electron chi connectivity index (χ4n) is 2.47. The molecule has 0 radical (unpaired) electrons. The van der Waals surface area contributed by atoms with Crippen molar-refractivity contribution in [3.05, 3.63) is 0 Å². The third-order valence-corrected chi connectivity index (χ3v) is 3.78. The van der Waals surface area contributed by atoms with E-state index in [-0.39, 0.29) is 18.9 Å². The number of aliphatic hydroxyl groups is 3. The molecule has 1 aliphatic heterocycles. The van der Waals surface area contributed by atoms with E-state index in [1.807, 2.05) is 6.92 Å². The first-order chi connectivity index (χ1) is 11.0. The average Bonchev–Trinajstić information content (AvgIpc) is 2.40. The Balaban J connectivity index is 2.30. The number of ether oxygens (including phenoxy) is 3. The second-order valence-electron chi connectivity index (χ2n) is 7.55. The van der Waals surface area contributed by atoms with E-state index in [2.05, 4.69) is 0 Å². The second kappa shape index (κ2) is 9.10. The van der Waals surface area contributed by atoms with Crippen molar-refractivity contribution in [1.29, 1.82) is 0 Å². The molecule has 0 spiro atoms. The molecule has 0 aromatic rings. The van der Waals surface area contributed by atoms with Crippen molar-refractivity contribution in [1.82, 2.24) is 0 Å². The Bertz CT molecular complexity index is 393. The third kappa shape index (κ3) is 7.90. The molecule has 1 rings (SSSR count). The predicted molar refractivity (Wildman–Crippen MR) is 87.2 cm³/mol. The van der Waals surface area contributed by atoms with Crippen LogP contribution in [0, 0.1) is 0 Å². The van der Waals surface area contributed by atoms with Gasteiger partial charge in [-0.05, 0) is 47.5 Å². The van der Waals surface area contributed by atoms with Crippen LogP contribution < -0.4 is 0 Å². The standard InChI is InChI=1S/C17H32O7/c1-10(22-16-14(20)9-13(19)11(2)23-16)6-7-12(18)8-15(21)24-17(3,4)5/h10-14,16,18-20H,6-9H2,1-5H3/t10-,11+,12?,13-,14-,16?/m1/s1. The van der Waals surface area contributed by atoms with Crippen molar-refractivity contribution in [3.8, 4) is 0 Å². The molecular formula is C17H32O7. The highest BCUT2D eigenvalue weighted by Crippen LogP contribution is 2.23. The molecule has 0 aliphatic carbocycles. The van der Waals surface area contributed by atoms with Crippen molar-refractivity contribution >= 4 is 5.97 Å². The van der Waals surface area contributed by atoms with Crippen LogP contribution in [0.2, 0.25) is 0 Å². The maximum absolute atomic E-state index is 11.7. The summed E-state index contributed by atoms with van der Waals surface area (Å²) in [5, 5.41) is 29.4. The van der Waals surface area contributed by atoms with E-state index in [0.29, 0.717) is 12.8 Å². The summed E-state index contributed by atoms with van der Waals surface area (Å²) in [6, 6.07) is 0. The zero-order chi connectivity index (χ0) is 18.5. The third-order valence-electron chi connectivity index (χ3n) is 3.78. The number of aliphatic hydroxyl groups excluding tert-OH is 3. The van der Waals surface area contributed by atoms with E-state index >= 15 is 0 Å². The summed E-state index contributed by atoms with van der Waals surface area (Å²) < 4.78 is 16.3. The smallest absolute Gasteiger partial charge is 0.308 e. The van der Waals surface area contributed by atoms with Crippen molar-refractivity contribution in [2.24, 2.45) is 0 Å². The Morgan fingerprint density at radius 2 is 1.88 bits per heavy atom. The predicted octanol–water partition coefficient (Wildman–Crippen LogP) is 1.12. The molecule has 1 fully saturated rings. The fourth-order valence-corrected chi connectivity index (χ4v) is 2.47. The molecule has 3 N–H and O–H groups in total. The Kier molecular flexibility index (Phi) is 8.08. The van der Waals surface area contributed by atoms with Crippen LogP contribution in [0.1, 0.15) is 60.3 Å². The molecular weight excluding hydrogens is 316 g/mol. The van der Waals surface area contributed by atoms with E-state index in [4.69, 9.17) is 14.2 Å². The van der Waals surface area contributed by atoms with Gasteiger partial charge in [0.25, 0.3) is 0 Å². The molecule has 1 saturated heterocycles. The summed E-state index contributed by atoms with van der Waals surface area (Å²) in [4.78, 5) is 11.7. The minimum absolute atomic E-state index is 0.0598. The molecule has 7 heteroatoms. The molecule has 0 saturated carbocycles. The van der Waals surface area contributed by atoms with Gasteiger partial charge in [-0.3, -0.25) is 4.79 Å².